The molecule has 0 aliphatic carbocycles. The van der Waals surface area contributed by atoms with Gasteiger partial charge in [0.15, 0.2) is 0 Å². The van der Waals surface area contributed by atoms with Crippen molar-refractivity contribution in [1.29, 1.82) is 0 Å². The number of thiazole rings is 1. The number of hydrogen-bond acceptors (Lipinski definition) is 4. The molecule has 0 aliphatic heterocycles. The van der Waals surface area contributed by atoms with E-state index >= 15 is 0 Å². The molecule has 2 aromatic rings. The van der Waals surface area contributed by atoms with Crippen LogP contribution in [0.25, 0.3) is 0 Å². The topological polar surface area (TPSA) is 46.1 Å². The number of carbonyl (C=O) groups is 1. The van der Waals surface area contributed by atoms with Crippen molar-refractivity contribution in [3.8, 4) is 0 Å². The van der Waals surface area contributed by atoms with Crippen LogP contribution in [0.2, 0.25) is 0 Å². The summed E-state index contributed by atoms with van der Waals surface area (Å²) in [6, 6.07) is 4.03. The second-order valence-electron chi connectivity index (χ2n) is 5.08. The van der Waals surface area contributed by atoms with Gasteiger partial charge >= 0.3 is 0 Å². The van der Waals surface area contributed by atoms with Crippen molar-refractivity contribution in [2.45, 2.75) is 39.2 Å². The van der Waals surface area contributed by atoms with Gasteiger partial charge in [0.2, 0.25) is 5.91 Å². The fraction of sp³-hybridized carbons (Fsp3) is 0.438. The SMILES string of the molecule is CC[C@@H](c1cccnc1)N(C)C(=O)CCc1scnc1C. The lowest BCUT2D eigenvalue weighted by molar-refractivity contribution is -0.132. The smallest absolute Gasteiger partial charge is 0.223 e. The van der Waals surface area contributed by atoms with E-state index in [9.17, 15) is 4.79 Å². The molecule has 0 aromatic carbocycles. The second kappa shape index (κ2) is 7.31. The molecule has 2 rings (SSSR count). The van der Waals surface area contributed by atoms with Crippen molar-refractivity contribution in [2.75, 3.05) is 7.05 Å². The summed E-state index contributed by atoms with van der Waals surface area (Å²) in [6.45, 7) is 4.08. The summed E-state index contributed by atoms with van der Waals surface area (Å²) in [4.78, 5) is 23.8. The van der Waals surface area contributed by atoms with Gasteiger partial charge in [-0.25, -0.2) is 4.98 Å². The van der Waals surface area contributed by atoms with Crippen LogP contribution >= 0.6 is 11.3 Å². The highest BCUT2D eigenvalue weighted by Crippen LogP contribution is 2.23. The van der Waals surface area contributed by atoms with Crippen molar-refractivity contribution in [2.24, 2.45) is 0 Å². The Morgan fingerprint density at radius 2 is 2.29 bits per heavy atom. The molecule has 0 saturated carbocycles. The molecule has 2 heterocycles. The van der Waals surface area contributed by atoms with E-state index in [1.165, 1.54) is 4.88 Å². The highest BCUT2D eigenvalue weighted by molar-refractivity contribution is 7.09. The Hall–Kier alpha value is -1.75. The Bertz CT molecular complexity index is 582. The number of rotatable bonds is 6. The molecule has 112 valence electrons. The molecule has 4 nitrogen and oxygen atoms in total. The summed E-state index contributed by atoms with van der Waals surface area (Å²) in [5, 5.41) is 0. The van der Waals surface area contributed by atoms with Crippen LogP contribution in [0.4, 0.5) is 0 Å². The number of aromatic nitrogens is 2. The molecule has 0 fully saturated rings. The van der Waals surface area contributed by atoms with E-state index in [0.29, 0.717) is 6.42 Å². The van der Waals surface area contributed by atoms with Crippen molar-refractivity contribution in [3.63, 3.8) is 0 Å². The van der Waals surface area contributed by atoms with Gasteiger partial charge in [-0.3, -0.25) is 9.78 Å². The van der Waals surface area contributed by atoms with Crippen LogP contribution in [-0.4, -0.2) is 27.8 Å². The van der Waals surface area contributed by atoms with Gasteiger partial charge in [-0.1, -0.05) is 13.0 Å². The van der Waals surface area contributed by atoms with Crippen LogP contribution in [0.5, 0.6) is 0 Å². The molecule has 0 aliphatic rings. The monoisotopic (exact) mass is 303 g/mol. The van der Waals surface area contributed by atoms with E-state index in [-0.39, 0.29) is 11.9 Å². The van der Waals surface area contributed by atoms with Crippen LogP contribution in [0.15, 0.2) is 30.0 Å². The van der Waals surface area contributed by atoms with Crippen LogP contribution in [0, 0.1) is 6.92 Å². The van der Waals surface area contributed by atoms with Crippen molar-refractivity contribution in [3.05, 3.63) is 46.2 Å². The van der Waals surface area contributed by atoms with Gasteiger partial charge in [-0.15, -0.1) is 11.3 Å². The van der Waals surface area contributed by atoms with Gasteiger partial charge in [-0.05, 0) is 31.4 Å². The van der Waals surface area contributed by atoms with Gasteiger partial charge in [0.25, 0.3) is 0 Å². The van der Waals surface area contributed by atoms with E-state index in [1.807, 2.05) is 42.7 Å². The van der Waals surface area contributed by atoms with Crippen LogP contribution in [-0.2, 0) is 11.2 Å². The first-order chi connectivity index (χ1) is 10.1. The third kappa shape index (κ3) is 3.88. The van der Waals surface area contributed by atoms with E-state index in [0.717, 1.165) is 24.1 Å². The minimum absolute atomic E-state index is 0.0914. The Balaban J connectivity index is 1.99. The first kappa shape index (κ1) is 15.6. The first-order valence-electron chi connectivity index (χ1n) is 7.18. The average Bonchev–Trinajstić information content (AvgIpc) is 2.92. The summed E-state index contributed by atoms with van der Waals surface area (Å²) in [5.41, 5.74) is 3.96. The summed E-state index contributed by atoms with van der Waals surface area (Å²) in [5.74, 6) is 0.165. The predicted octanol–water partition coefficient (Wildman–Crippen LogP) is 3.39. The third-order valence-corrected chi connectivity index (χ3v) is 4.72. The quantitative estimate of drug-likeness (QED) is 0.821. The van der Waals surface area contributed by atoms with Gasteiger partial charge in [0.1, 0.15) is 0 Å². The molecule has 0 spiro atoms. The van der Waals surface area contributed by atoms with Gasteiger partial charge < -0.3 is 4.90 Å². The molecule has 2 aromatic heterocycles. The van der Waals surface area contributed by atoms with Crippen molar-refractivity contribution >= 4 is 17.2 Å². The molecule has 1 atom stereocenters. The minimum Gasteiger partial charge on any atom is -0.339 e. The summed E-state index contributed by atoms with van der Waals surface area (Å²) in [7, 11) is 1.88. The zero-order chi connectivity index (χ0) is 15.2. The number of aryl methyl sites for hydroxylation is 2. The molecule has 0 saturated heterocycles. The zero-order valence-electron chi connectivity index (χ0n) is 12.7. The van der Waals surface area contributed by atoms with Crippen molar-refractivity contribution in [1.82, 2.24) is 14.9 Å². The maximum absolute atomic E-state index is 12.4. The highest BCUT2D eigenvalue weighted by atomic mass is 32.1. The Kier molecular flexibility index (Phi) is 5.44. The largest absolute Gasteiger partial charge is 0.339 e. The molecule has 0 bridgehead atoms. The van der Waals surface area contributed by atoms with E-state index in [1.54, 1.807) is 17.5 Å². The number of pyridine rings is 1. The fourth-order valence-corrected chi connectivity index (χ4v) is 3.22. The maximum atomic E-state index is 12.4. The van der Waals surface area contributed by atoms with Crippen LogP contribution in [0.3, 0.4) is 0 Å². The van der Waals surface area contributed by atoms with Gasteiger partial charge in [0, 0.05) is 30.7 Å². The Morgan fingerprint density at radius 3 is 2.86 bits per heavy atom. The van der Waals surface area contributed by atoms with E-state index in [4.69, 9.17) is 0 Å². The number of nitrogens with zero attached hydrogens (tertiary/aromatic N) is 3. The van der Waals surface area contributed by atoms with E-state index in [2.05, 4.69) is 16.9 Å². The molecule has 5 heteroatoms. The van der Waals surface area contributed by atoms with Gasteiger partial charge in [0.05, 0.1) is 17.2 Å². The predicted molar refractivity (Wildman–Crippen MR) is 85.2 cm³/mol. The Morgan fingerprint density at radius 1 is 1.48 bits per heavy atom. The summed E-state index contributed by atoms with van der Waals surface area (Å²) < 4.78 is 0. The molecule has 0 N–H and O–H groups in total. The lowest BCUT2D eigenvalue weighted by Gasteiger charge is -2.27. The lowest BCUT2D eigenvalue weighted by atomic mass is 10.0. The maximum Gasteiger partial charge on any atom is 0.223 e. The number of hydrogen-bond donors (Lipinski definition) is 0. The van der Waals surface area contributed by atoms with Crippen LogP contribution < -0.4 is 0 Å². The fourth-order valence-electron chi connectivity index (χ4n) is 2.44. The second-order valence-corrected chi connectivity index (χ2v) is 6.02. The highest BCUT2D eigenvalue weighted by Gasteiger charge is 2.20. The molecule has 1 amide bonds. The first-order valence-corrected chi connectivity index (χ1v) is 8.06. The van der Waals surface area contributed by atoms with Gasteiger partial charge in [-0.2, -0.15) is 0 Å². The molecule has 0 radical (unpaired) electrons. The number of amides is 1. The minimum atomic E-state index is 0.0914. The van der Waals surface area contributed by atoms with Crippen molar-refractivity contribution < 1.29 is 4.79 Å². The molecule has 21 heavy (non-hydrogen) atoms. The zero-order valence-corrected chi connectivity index (χ0v) is 13.6. The standard InChI is InChI=1S/C16H21N3OS/c1-4-14(13-6-5-9-17-10-13)19(3)16(20)8-7-15-12(2)18-11-21-15/h5-6,9-11,14H,4,7-8H2,1-3H3/t14-/m0/s1. The third-order valence-electron chi connectivity index (χ3n) is 3.73. The van der Waals surface area contributed by atoms with E-state index < -0.39 is 0 Å². The summed E-state index contributed by atoms with van der Waals surface area (Å²) >= 11 is 1.62. The normalized spacial score (nSPS) is 12.1. The van der Waals surface area contributed by atoms with Crippen LogP contribution in [0.1, 0.15) is 41.9 Å². The summed E-state index contributed by atoms with van der Waals surface area (Å²) in [6.07, 6.45) is 5.77. The average molecular weight is 303 g/mol. The lowest BCUT2D eigenvalue weighted by Crippen LogP contribution is -2.31. The molecule has 0 unspecified atom stereocenters. The Labute approximate surface area is 129 Å². The number of carbonyl (C=O) groups excluding carboxylic acids is 1. The molecular weight excluding hydrogens is 282 g/mol. The molecular formula is C16H21N3OS.